The molecule has 0 aliphatic heterocycles. The van der Waals surface area contributed by atoms with Crippen LogP contribution in [0.2, 0.25) is 0 Å². The maximum absolute atomic E-state index is 11.4. The van der Waals surface area contributed by atoms with Gasteiger partial charge >= 0.3 is 11.9 Å². The Kier molecular flexibility index (Phi) is 5.78. The van der Waals surface area contributed by atoms with Crippen molar-refractivity contribution in [3.05, 3.63) is 12.2 Å². The van der Waals surface area contributed by atoms with Gasteiger partial charge in [0.05, 0.1) is 18.6 Å². The number of rotatable bonds is 5. The highest BCUT2D eigenvalue weighted by Gasteiger charge is 2.23. The second-order valence-electron chi connectivity index (χ2n) is 4.46. The predicted molar refractivity (Wildman–Crippen MR) is 60.8 cm³/mol. The first-order chi connectivity index (χ1) is 7.29. The van der Waals surface area contributed by atoms with Crippen molar-refractivity contribution in [1.82, 2.24) is 0 Å². The maximum atomic E-state index is 11.4. The Bertz CT molecular complexity index is 273. The summed E-state index contributed by atoms with van der Waals surface area (Å²) in [6.07, 6.45) is 0.306. The Morgan fingerprint density at radius 2 is 1.75 bits per heavy atom. The average molecular weight is 228 g/mol. The lowest BCUT2D eigenvalue weighted by Gasteiger charge is -2.16. The summed E-state index contributed by atoms with van der Waals surface area (Å²) in [5.74, 6) is -0.724. The minimum Gasteiger partial charge on any atom is -0.465 e. The third-order valence-electron chi connectivity index (χ3n) is 1.81. The number of ether oxygens (including phenoxy) is 2. The van der Waals surface area contributed by atoms with Crippen LogP contribution in [0.3, 0.4) is 0 Å². The van der Waals surface area contributed by atoms with E-state index in [2.05, 4.69) is 6.58 Å². The van der Waals surface area contributed by atoms with Gasteiger partial charge in [-0.25, -0.2) is 4.79 Å². The van der Waals surface area contributed by atoms with Crippen LogP contribution in [0.1, 0.15) is 34.1 Å². The molecule has 0 aromatic rings. The van der Waals surface area contributed by atoms with Gasteiger partial charge in [-0.15, -0.1) is 0 Å². The highest BCUT2D eigenvalue weighted by atomic mass is 16.5. The first kappa shape index (κ1) is 14.7. The highest BCUT2D eigenvalue weighted by molar-refractivity contribution is 5.87. The van der Waals surface area contributed by atoms with Gasteiger partial charge in [-0.2, -0.15) is 0 Å². The predicted octanol–water partition coefficient (Wildman–Crippen LogP) is 2.09. The van der Waals surface area contributed by atoms with E-state index in [1.165, 1.54) is 0 Å². The van der Waals surface area contributed by atoms with E-state index in [-0.39, 0.29) is 12.6 Å². The van der Waals surface area contributed by atoms with E-state index in [4.69, 9.17) is 9.47 Å². The van der Waals surface area contributed by atoms with Crippen LogP contribution in [0.4, 0.5) is 0 Å². The molecule has 0 rings (SSSR count). The largest absolute Gasteiger partial charge is 0.465 e. The number of esters is 2. The summed E-state index contributed by atoms with van der Waals surface area (Å²) in [6, 6.07) is 0. The van der Waals surface area contributed by atoms with Crippen molar-refractivity contribution in [2.24, 2.45) is 5.41 Å². The third kappa shape index (κ3) is 5.53. The standard InChI is InChI=1S/C12H20O4/c1-6-15-10(13)9(2)7-8-16-11(14)12(3,4)5/h2,6-8H2,1,3-5H3. The molecule has 0 unspecified atom stereocenters. The van der Waals surface area contributed by atoms with Gasteiger partial charge < -0.3 is 9.47 Å². The average Bonchev–Trinajstić information content (AvgIpc) is 2.16. The van der Waals surface area contributed by atoms with Crippen LogP contribution in [0.25, 0.3) is 0 Å². The normalized spacial score (nSPS) is 10.8. The monoisotopic (exact) mass is 228 g/mol. The van der Waals surface area contributed by atoms with E-state index in [1.54, 1.807) is 27.7 Å². The zero-order valence-corrected chi connectivity index (χ0v) is 10.5. The van der Waals surface area contributed by atoms with E-state index < -0.39 is 11.4 Å². The molecule has 0 amide bonds. The molecule has 0 spiro atoms. The molecule has 92 valence electrons. The summed E-state index contributed by atoms with van der Waals surface area (Å²) < 4.78 is 9.75. The van der Waals surface area contributed by atoms with Gasteiger partial charge in [-0.05, 0) is 27.7 Å². The van der Waals surface area contributed by atoms with Crippen molar-refractivity contribution in [3.8, 4) is 0 Å². The summed E-state index contributed by atoms with van der Waals surface area (Å²) in [4.78, 5) is 22.5. The lowest BCUT2D eigenvalue weighted by atomic mass is 9.97. The first-order valence-electron chi connectivity index (χ1n) is 5.31. The van der Waals surface area contributed by atoms with E-state index in [0.717, 1.165) is 0 Å². The number of hydrogen-bond acceptors (Lipinski definition) is 4. The molecule has 0 fully saturated rings. The highest BCUT2D eigenvalue weighted by Crippen LogP contribution is 2.15. The van der Waals surface area contributed by atoms with Crippen molar-refractivity contribution in [2.75, 3.05) is 13.2 Å². The quantitative estimate of drug-likeness (QED) is 0.534. The molecule has 0 saturated heterocycles. The Morgan fingerprint density at radius 3 is 2.19 bits per heavy atom. The van der Waals surface area contributed by atoms with E-state index in [9.17, 15) is 9.59 Å². The lowest BCUT2D eigenvalue weighted by Crippen LogP contribution is -2.23. The summed E-state index contributed by atoms with van der Waals surface area (Å²) in [6.45, 7) is 11.1. The van der Waals surface area contributed by atoms with Gasteiger partial charge in [0.15, 0.2) is 0 Å². The maximum Gasteiger partial charge on any atom is 0.333 e. The Hall–Kier alpha value is -1.32. The van der Waals surface area contributed by atoms with Crippen molar-refractivity contribution in [2.45, 2.75) is 34.1 Å². The molecule has 0 aromatic carbocycles. The van der Waals surface area contributed by atoms with Crippen LogP contribution < -0.4 is 0 Å². The fraction of sp³-hybridized carbons (Fsp3) is 0.667. The second-order valence-corrected chi connectivity index (χ2v) is 4.46. The minimum absolute atomic E-state index is 0.160. The molecule has 0 saturated carbocycles. The summed E-state index contributed by atoms with van der Waals surface area (Å²) in [5, 5.41) is 0. The molecule has 0 radical (unpaired) electrons. The summed E-state index contributed by atoms with van der Waals surface area (Å²) in [5.41, 5.74) is -0.200. The molecule has 0 aliphatic carbocycles. The van der Waals surface area contributed by atoms with E-state index >= 15 is 0 Å². The van der Waals surface area contributed by atoms with E-state index in [0.29, 0.717) is 18.6 Å². The number of hydrogen-bond donors (Lipinski definition) is 0. The molecule has 0 atom stereocenters. The Balaban J connectivity index is 3.87. The first-order valence-corrected chi connectivity index (χ1v) is 5.31. The van der Waals surface area contributed by atoms with Crippen LogP contribution in [-0.2, 0) is 19.1 Å². The topological polar surface area (TPSA) is 52.6 Å². The minimum atomic E-state index is -0.523. The van der Waals surface area contributed by atoms with Crippen molar-refractivity contribution in [1.29, 1.82) is 0 Å². The summed E-state index contributed by atoms with van der Waals surface area (Å²) in [7, 11) is 0. The van der Waals surface area contributed by atoms with Crippen LogP contribution >= 0.6 is 0 Å². The molecule has 0 heterocycles. The smallest absolute Gasteiger partial charge is 0.333 e. The van der Waals surface area contributed by atoms with Crippen LogP contribution in [-0.4, -0.2) is 25.2 Å². The molecule has 0 N–H and O–H groups in total. The molecule has 0 bridgehead atoms. The lowest BCUT2D eigenvalue weighted by molar-refractivity contribution is -0.153. The Labute approximate surface area is 96.6 Å². The molecule has 0 aromatic heterocycles. The molecule has 4 nitrogen and oxygen atoms in total. The van der Waals surface area contributed by atoms with Gasteiger partial charge in [0.25, 0.3) is 0 Å². The number of carbonyl (C=O) groups excluding carboxylic acids is 2. The van der Waals surface area contributed by atoms with Crippen molar-refractivity contribution < 1.29 is 19.1 Å². The molecule has 16 heavy (non-hydrogen) atoms. The molecule has 4 heteroatoms. The molecule has 0 aliphatic rings. The zero-order valence-electron chi connectivity index (χ0n) is 10.5. The fourth-order valence-corrected chi connectivity index (χ4v) is 0.819. The molecular formula is C12H20O4. The van der Waals surface area contributed by atoms with Gasteiger partial charge in [0.2, 0.25) is 0 Å². The van der Waals surface area contributed by atoms with Crippen LogP contribution in [0, 0.1) is 5.41 Å². The van der Waals surface area contributed by atoms with Crippen LogP contribution in [0.15, 0.2) is 12.2 Å². The Morgan fingerprint density at radius 1 is 1.19 bits per heavy atom. The SMILES string of the molecule is C=C(CCOC(=O)C(C)(C)C)C(=O)OCC. The van der Waals surface area contributed by atoms with Gasteiger partial charge in [-0.3, -0.25) is 4.79 Å². The van der Waals surface area contributed by atoms with Gasteiger partial charge in [-0.1, -0.05) is 6.58 Å². The zero-order chi connectivity index (χ0) is 12.8. The van der Waals surface area contributed by atoms with E-state index in [1.807, 2.05) is 0 Å². The van der Waals surface area contributed by atoms with Crippen molar-refractivity contribution in [3.63, 3.8) is 0 Å². The fourth-order valence-electron chi connectivity index (χ4n) is 0.819. The molecular weight excluding hydrogens is 208 g/mol. The summed E-state index contributed by atoms with van der Waals surface area (Å²) >= 11 is 0. The van der Waals surface area contributed by atoms with Crippen LogP contribution in [0.5, 0.6) is 0 Å². The van der Waals surface area contributed by atoms with Gasteiger partial charge in [0, 0.05) is 12.0 Å². The number of carbonyl (C=O) groups is 2. The van der Waals surface area contributed by atoms with Gasteiger partial charge in [0.1, 0.15) is 0 Å². The third-order valence-corrected chi connectivity index (χ3v) is 1.81. The second kappa shape index (κ2) is 6.30. The van der Waals surface area contributed by atoms with Crippen molar-refractivity contribution >= 4 is 11.9 Å².